The van der Waals surface area contributed by atoms with Crippen molar-refractivity contribution in [3.8, 4) is 0 Å². The fourth-order valence-corrected chi connectivity index (χ4v) is 3.21. The topological polar surface area (TPSA) is 38.3 Å². The van der Waals surface area contributed by atoms with Crippen molar-refractivity contribution in [2.45, 2.75) is 32.9 Å². The summed E-state index contributed by atoms with van der Waals surface area (Å²) < 4.78 is 5.73. The molecule has 3 aromatic carbocycles. The van der Waals surface area contributed by atoms with Crippen LogP contribution < -0.4 is 5.32 Å². The lowest BCUT2D eigenvalue weighted by atomic mass is 9.94. The lowest BCUT2D eigenvalue weighted by molar-refractivity contribution is -0.137. The molecule has 1 N–H and O–H groups in total. The van der Waals surface area contributed by atoms with Crippen molar-refractivity contribution >= 4 is 29.1 Å². The van der Waals surface area contributed by atoms with Crippen LogP contribution in [0.3, 0.4) is 0 Å². The van der Waals surface area contributed by atoms with E-state index in [0.29, 0.717) is 10.0 Å². The molecule has 30 heavy (non-hydrogen) atoms. The van der Waals surface area contributed by atoms with E-state index in [1.807, 2.05) is 68.4 Å². The van der Waals surface area contributed by atoms with Crippen molar-refractivity contribution in [3.63, 3.8) is 0 Å². The van der Waals surface area contributed by atoms with Crippen molar-refractivity contribution in [3.05, 3.63) is 106 Å². The fraction of sp³-hybridized carbons (Fsp3) is 0.240. The average molecular weight is 444 g/mol. The van der Waals surface area contributed by atoms with E-state index in [4.69, 9.17) is 27.9 Å². The first-order valence-corrected chi connectivity index (χ1v) is 10.7. The number of halogens is 2. The minimum atomic E-state index is -0.249. The molecule has 158 valence electrons. The first-order chi connectivity index (χ1) is 14.5. The molecule has 1 fully saturated rings. The van der Waals surface area contributed by atoms with E-state index < -0.39 is 0 Å². The molecule has 2 unspecified atom stereocenters. The third-order valence-electron chi connectivity index (χ3n) is 4.38. The van der Waals surface area contributed by atoms with Gasteiger partial charge in [0.25, 0.3) is 0 Å². The predicted molar refractivity (Wildman–Crippen MR) is 125 cm³/mol. The maximum Gasteiger partial charge on any atom is 0.246 e. The van der Waals surface area contributed by atoms with Gasteiger partial charge in [-0.15, -0.1) is 0 Å². The van der Waals surface area contributed by atoms with Crippen LogP contribution in [0, 0.1) is 6.92 Å². The number of benzene rings is 3. The smallest absolute Gasteiger partial charge is 0.246 e. The lowest BCUT2D eigenvalue weighted by Crippen LogP contribution is -2.41. The number of rotatable bonds is 2. The Morgan fingerprint density at radius 3 is 1.77 bits per heavy atom. The van der Waals surface area contributed by atoms with Gasteiger partial charge < -0.3 is 10.1 Å². The molecule has 0 aliphatic carbocycles. The Labute approximate surface area is 189 Å². The molecule has 1 amide bonds. The predicted octanol–water partition coefficient (Wildman–Crippen LogP) is 6.94. The fourth-order valence-electron chi connectivity index (χ4n) is 2.96. The van der Waals surface area contributed by atoms with Gasteiger partial charge in [0.2, 0.25) is 5.91 Å². The van der Waals surface area contributed by atoms with Crippen molar-refractivity contribution in [1.82, 2.24) is 5.32 Å². The highest BCUT2D eigenvalue weighted by Crippen LogP contribution is 2.35. The zero-order valence-corrected chi connectivity index (χ0v) is 19.0. The summed E-state index contributed by atoms with van der Waals surface area (Å²) in [6.45, 7) is 6.14. The Hall–Kier alpha value is -2.33. The molecule has 1 aliphatic rings. The number of hydrogen-bond donors (Lipinski definition) is 1. The van der Waals surface area contributed by atoms with Crippen molar-refractivity contribution in [2.75, 3.05) is 6.61 Å². The number of carbonyl (C=O) groups excluding carboxylic acids is 1. The van der Waals surface area contributed by atoms with E-state index >= 15 is 0 Å². The minimum absolute atomic E-state index is 0.0530. The third-order valence-corrected chi connectivity index (χ3v) is 4.89. The second kappa shape index (κ2) is 12.4. The van der Waals surface area contributed by atoms with E-state index in [9.17, 15) is 4.79 Å². The molecule has 2 atom stereocenters. The van der Waals surface area contributed by atoms with E-state index in [1.54, 1.807) is 12.1 Å². The Morgan fingerprint density at radius 2 is 1.30 bits per heavy atom. The third kappa shape index (κ3) is 7.17. The van der Waals surface area contributed by atoms with Gasteiger partial charge >= 0.3 is 0 Å². The Morgan fingerprint density at radius 1 is 0.800 bits per heavy atom. The summed E-state index contributed by atoms with van der Waals surface area (Å²) in [7, 11) is 0. The van der Waals surface area contributed by atoms with Crippen LogP contribution in [-0.2, 0) is 9.53 Å². The van der Waals surface area contributed by atoms with Crippen molar-refractivity contribution < 1.29 is 9.53 Å². The molecule has 4 rings (SSSR count). The monoisotopic (exact) mass is 443 g/mol. The first kappa shape index (κ1) is 23.9. The number of amides is 1. The van der Waals surface area contributed by atoms with Gasteiger partial charge in [-0.1, -0.05) is 97.2 Å². The Bertz CT molecular complexity index is 897. The molecule has 0 radical (unpaired) electrons. The lowest BCUT2D eigenvalue weighted by Gasteiger charge is -2.33. The summed E-state index contributed by atoms with van der Waals surface area (Å²) in [5, 5.41) is 4.30. The number of ether oxygens (including phenoxy) is 1. The highest BCUT2D eigenvalue weighted by molar-refractivity contribution is 6.30. The van der Waals surface area contributed by atoms with E-state index in [2.05, 4.69) is 24.4 Å². The molecule has 5 heteroatoms. The summed E-state index contributed by atoms with van der Waals surface area (Å²) >= 11 is 11.8. The van der Waals surface area contributed by atoms with E-state index in [-0.39, 0.29) is 24.7 Å². The summed E-state index contributed by atoms with van der Waals surface area (Å²) in [5.74, 6) is -0.125. The first-order valence-electron chi connectivity index (χ1n) is 9.96. The molecule has 0 saturated carbocycles. The zero-order chi connectivity index (χ0) is 21.9. The Balaban J connectivity index is 0.000000299. The van der Waals surface area contributed by atoms with Crippen LogP contribution in [0.4, 0.5) is 0 Å². The van der Waals surface area contributed by atoms with Crippen LogP contribution in [0.5, 0.6) is 0 Å². The van der Waals surface area contributed by atoms with Crippen LogP contribution in [0.1, 0.15) is 42.7 Å². The molecule has 1 aliphatic heterocycles. The number of carbonyl (C=O) groups is 1. The molecular weight excluding hydrogens is 417 g/mol. The van der Waals surface area contributed by atoms with Crippen LogP contribution in [0.2, 0.25) is 10.0 Å². The van der Waals surface area contributed by atoms with Gasteiger partial charge in [0.1, 0.15) is 12.7 Å². The van der Waals surface area contributed by atoms with Gasteiger partial charge in [-0.3, -0.25) is 4.79 Å². The van der Waals surface area contributed by atoms with Crippen molar-refractivity contribution in [1.29, 1.82) is 0 Å². The van der Waals surface area contributed by atoms with Gasteiger partial charge in [0.05, 0.1) is 6.04 Å². The summed E-state index contributed by atoms with van der Waals surface area (Å²) in [6, 6.07) is 24.9. The van der Waals surface area contributed by atoms with Crippen LogP contribution in [-0.4, -0.2) is 12.5 Å². The average Bonchev–Trinajstić information content (AvgIpc) is 2.77. The SMILES string of the molecule is CC.Cc1ccccc1.O=C1COC(c2ccc(Cl)cc2)C(c2ccc(Cl)cc2)N1. The Kier molecular flexibility index (Phi) is 9.88. The van der Waals surface area contributed by atoms with Gasteiger partial charge in [0, 0.05) is 10.0 Å². The maximum absolute atomic E-state index is 11.7. The van der Waals surface area contributed by atoms with Gasteiger partial charge in [-0.05, 0) is 42.3 Å². The van der Waals surface area contributed by atoms with Crippen LogP contribution >= 0.6 is 23.2 Å². The minimum Gasteiger partial charge on any atom is -0.361 e. The zero-order valence-electron chi connectivity index (χ0n) is 17.4. The number of aryl methyl sites for hydroxylation is 1. The molecule has 1 saturated heterocycles. The van der Waals surface area contributed by atoms with E-state index in [0.717, 1.165) is 11.1 Å². The van der Waals surface area contributed by atoms with Gasteiger partial charge in [0.15, 0.2) is 0 Å². The second-order valence-corrected chi connectivity index (χ2v) is 7.41. The summed E-state index contributed by atoms with van der Waals surface area (Å²) in [6.07, 6.45) is -0.249. The summed E-state index contributed by atoms with van der Waals surface area (Å²) in [5.41, 5.74) is 3.24. The quantitative estimate of drug-likeness (QED) is 0.465. The molecule has 0 aromatic heterocycles. The highest BCUT2D eigenvalue weighted by Gasteiger charge is 2.31. The number of morpholine rings is 1. The van der Waals surface area contributed by atoms with Gasteiger partial charge in [-0.25, -0.2) is 0 Å². The highest BCUT2D eigenvalue weighted by atomic mass is 35.5. The van der Waals surface area contributed by atoms with Crippen LogP contribution in [0.15, 0.2) is 78.9 Å². The normalized spacial score (nSPS) is 17.6. The van der Waals surface area contributed by atoms with E-state index in [1.165, 1.54) is 5.56 Å². The molecule has 0 spiro atoms. The number of hydrogen-bond acceptors (Lipinski definition) is 2. The van der Waals surface area contributed by atoms with Gasteiger partial charge in [-0.2, -0.15) is 0 Å². The molecular formula is C25H27Cl2NO2. The molecule has 3 nitrogen and oxygen atoms in total. The second-order valence-electron chi connectivity index (χ2n) is 6.53. The van der Waals surface area contributed by atoms with Crippen molar-refractivity contribution in [2.24, 2.45) is 0 Å². The molecule has 3 aromatic rings. The summed E-state index contributed by atoms with van der Waals surface area (Å²) in [4.78, 5) is 11.7. The largest absolute Gasteiger partial charge is 0.361 e. The standard InChI is InChI=1S/C16H13Cl2NO2.C7H8.C2H6/c17-12-5-1-10(2-6-12)15-16(21-9-14(20)19-15)11-3-7-13(18)8-4-11;1-7-5-3-2-4-6-7;1-2/h1-8,15-16H,9H2,(H,19,20);2-6H,1H3;1-2H3. The number of nitrogens with one attached hydrogen (secondary N) is 1. The molecule has 0 bridgehead atoms. The maximum atomic E-state index is 11.7. The molecule has 1 heterocycles. The van der Waals surface area contributed by atoms with Crippen LogP contribution in [0.25, 0.3) is 0 Å².